The molecule has 0 fully saturated rings. The number of carbonyl (C=O) groups is 1. The molecule has 0 bridgehead atoms. The maximum Gasteiger partial charge on any atom is 0.410 e. The van der Waals surface area contributed by atoms with E-state index in [1.807, 2.05) is 52.4 Å². The van der Waals surface area contributed by atoms with Crippen LogP contribution in [0.5, 0.6) is 0 Å². The van der Waals surface area contributed by atoms with E-state index in [0.717, 1.165) is 22.1 Å². The molecule has 0 saturated carbocycles. The lowest BCUT2D eigenvalue weighted by Gasteiger charge is -2.36. The molecule has 0 aliphatic carbocycles. The van der Waals surface area contributed by atoms with Crippen LogP contribution < -0.4 is 10.6 Å². The van der Waals surface area contributed by atoms with Crippen LogP contribution in [0.15, 0.2) is 35.6 Å². The highest BCUT2D eigenvalue weighted by molar-refractivity contribution is 7.98. The minimum Gasteiger partial charge on any atom is -0.444 e. The minimum absolute atomic E-state index is 0.00241. The van der Waals surface area contributed by atoms with Crippen LogP contribution in [0.3, 0.4) is 0 Å². The number of hydrogen-bond donors (Lipinski definition) is 2. The molecule has 7 nitrogen and oxygen atoms in total. The number of aromatic nitrogens is 2. The van der Waals surface area contributed by atoms with Gasteiger partial charge in [-0.2, -0.15) is 0 Å². The Morgan fingerprint density at radius 1 is 1.34 bits per heavy atom. The molecule has 2 aromatic rings. The number of ether oxygens (including phenoxy) is 1. The summed E-state index contributed by atoms with van der Waals surface area (Å²) in [4.78, 5) is 23.3. The number of nitrogens with one attached hydrogen (secondary N) is 2. The summed E-state index contributed by atoms with van der Waals surface area (Å²) >= 11 is 1.51. The van der Waals surface area contributed by atoms with Gasteiger partial charge in [0.1, 0.15) is 11.4 Å². The number of anilines is 1. The number of amides is 1. The van der Waals surface area contributed by atoms with Gasteiger partial charge in [0, 0.05) is 38.4 Å². The first-order chi connectivity index (χ1) is 13.8. The second kappa shape index (κ2) is 9.00. The first-order valence-corrected chi connectivity index (χ1v) is 10.9. The summed E-state index contributed by atoms with van der Waals surface area (Å²) in [5.41, 5.74) is 2.80. The fourth-order valence-corrected chi connectivity index (χ4v) is 3.66. The van der Waals surface area contributed by atoms with Crippen LogP contribution in [-0.4, -0.2) is 46.4 Å². The van der Waals surface area contributed by atoms with Crippen LogP contribution in [0, 0.1) is 0 Å². The number of carbonyl (C=O) groups excluding carboxylic acids is 1. The van der Waals surface area contributed by atoms with E-state index in [2.05, 4.69) is 32.7 Å². The number of benzene rings is 1. The molecule has 0 spiro atoms. The lowest BCUT2D eigenvalue weighted by Crippen LogP contribution is -2.44. The Morgan fingerprint density at radius 2 is 2.10 bits per heavy atom. The van der Waals surface area contributed by atoms with Crippen LogP contribution in [-0.2, 0) is 17.8 Å². The van der Waals surface area contributed by atoms with E-state index in [1.165, 1.54) is 17.3 Å². The van der Waals surface area contributed by atoms with Crippen molar-refractivity contribution in [2.45, 2.75) is 50.7 Å². The van der Waals surface area contributed by atoms with E-state index >= 15 is 0 Å². The van der Waals surface area contributed by atoms with Crippen molar-refractivity contribution in [3.63, 3.8) is 0 Å². The van der Waals surface area contributed by atoms with E-state index in [1.54, 1.807) is 4.90 Å². The van der Waals surface area contributed by atoms with Crippen LogP contribution in [0.4, 0.5) is 10.6 Å². The molecule has 1 unspecified atom stereocenters. The zero-order valence-electron chi connectivity index (χ0n) is 17.7. The molecule has 1 aliphatic rings. The second-order valence-corrected chi connectivity index (χ2v) is 8.75. The summed E-state index contributed by atoms with van der Waals surface area (Å²) in [6.45, 7) is 7.34. The third-order valence-corrected chi connectivity index (χ3v) is 5.21. The molecule has 3 rings (SSSR count). The van der Waals surface area contributed by atoms with Crippen LogP contribution >= 0.6 is 11.8 Å². The van der Waals surface area contributed by atoms with Crippen molar-refractivity contribution in [1.82, 2.24) is 20.2 Å². The molecule has 2 heterocycles. The number of rotatable bonds is 5. The zero-order chi connectivity index (χ0) is 21.0. The first-order valence-electron chi connectivity index (χ1n) is 9.67. The summed E-state index contributed by atoms with van der Waals surface area (Å²) in [5.74, 6) is 0.810. The van der Waals surface area contributed by atoms with Crippen LogP contribution in [0.1, 0.15) is 43.5 Å². The van der Waals surface area contributed by atoms with Crippen molar-refractivity contribution in [1.29, 1.82) is 0 Å². The van der Waals surface area contributed by atoms with Crippen molar-refractivity contribution in [3.05, 3.63) is 47.2 Å². The maximum atomic E-state index is 12.7. The lowest BCUT2D eigenvalue weighted by molar-refractivity contribution is 0.0196. The van der Waals surface area contributed by atoms with Crippen molar-refractivity contribution in [2.24, 2.45) is 0 Å². The van der Waals surface area contributed by atoms with Gasteiger partial charge in [-0.05, 0) is 38.2 Å². The number of fused-ring (bicyclic) bond motifs is 1. The topological polar surface area (TPSA) is 79.4 Å². The molecule has 1 atom stereocenters. The van der Waals surface area contributed by atoms with Gasteiger partial charge in [-0.1, -0.05) is 36.0 Å². The second-order valence-electron chi connectivity index (χ2n) is 7.97. The van der Waals surface area contributed by atoms with Gasteiger partial charge in [0.05, 0.1) is 6.04 Å². The molecule has 2 N–H and O–H groups in total. The summed E-state index contributed by atoms with van der Waals surface area (Å²) in [5, 5.41) is 7.45. The van der Waals surface area contributed by atoms with E-state index in [9.17, 15) is 4.79 Å². The molecule has 156 valence electrons. The number of thioether (sulfide) groups is 1. The van der Waals surface area contributed by atoms with E-state index in [-0.39, 0.29) is 12.1 Å². The highest BCUT2D eigenvalue weighted by atomic mass is 32.2. The minimum atomic E-state index is -0.519. The van der Waals surface area contributed by atoms with Gasteiger partial charge in [-0.25, -0.2) is 14.8 Å². The fraction of sp³-hybridized carbons (Fsp3) is 0.476. The highest BCUT2D eigenvalue weighted by Gasteiger charge is 2.30. The van der Waals surface area contributed by atoms with Gasteiger partial charge in [-0.3, -0.25) is 0 Å². The van der Waals surface area contributed by atoms with E-state index < -0.39 is 5.60 Å². The number of nitrogens with zero attached hydrogens (tertiary/aromatic N) is 3. The van der Waals surface area contributed by atoms with Gasteiger partial charge < -0.3 is 20.3 Å². The third kappa shape index (κ3) is 5.39. The molecule has 1 amide bonds. The van der Waals surface area contributed by atoms with Crippen molar-refractivity contribution in [3.8, 4) is 0 Å². The van der Waals surface area contributed by atoms with Crippen LogP contribution in [0.2, 0.25) is 0 Å². The van der Waals surface area contributed by atoms with Crippen molar-refractivity contribution in [2.75, 3.05) is 25.2 Å². The van der Waals surface area contributed by atoms with Gasteiger partial charge in [0.25, 0.3) is 0 Å². The third-order valence-electron chi connectivity index (χ3n) is 4.65. The molecule has 1 aromatic heterocycles. The van der Waals surface area contributed by atoms with Crippen molar-refractivity contribution >= 4 is 23.7 Å². The summed E-state index contributed by atoms with van der Waals surface area (Å²) in [6.07, 6.45) is 3.51. The zero-order valence-corrected chi connectivity index (χ0v) is 18.5. The molecule has 1 aliphatic heterocycles. The standard InChI is InChI=1S/C21H29N5O2S/c1-21(2,3)28-20(27)26-12-14-8-6-7-9-16(14)17(13-26)23-10-15-11-24-19(29-5)25-18(15)22-4/h6-9,11,17,23H,10,12-13H2,1-5H3,(H,22,24,25). The molecule has 0 radical (unpaired) electrons. The Labute approximate surface area is 176 Å². The largest absolute Gasteiger partial charge is 0.444 e. The molecule has 8 heteroatoms. The average molecular weight is 416 g/mol. The quantitative estimate of drug-likeness (QED) is 0.568. The molecular weight excluding hydrogens is 386 g/mol. The summed E-state index contributed by atoms with van der Waals surface area (Å²) in [7, 11) is 1.86. The Bertz CT molecular complexity index is 868. The maximum absolute atomic E-state index is 12.7. The monoisotopic (exact) mass is 415 g/mol. The fourth-order valence-electron chi connectivity index (χ4n) is 3.32. The Hall–Kier alpha value is -2.32. The lowest BCUT2D eigenvalue weighted by atomic mass is 9.95. The Kier molecular flexibility index (Phi) is 6.64. The Balaban J connectivity index is 1.78. The van der Waals surface area contributed by atoms with Gasteiger partial charge in [-0.15, -0.1) is 0 Å². The van der Waals surface area contributed by atoms with E-state index in [0.29, 0.717) is 19.6 Å². The summed E-state index contributed by atoms with van der Waals surface area (Å²) in [6, 6.07) is 8.22. The van der Waals surface area contributed by atoms with Crippen LogP contribution in [0.25, 0.3) is 0 Å². The van der Waals surface area contributed by atoms with Crippen molar-refractivity contribution < 1.29 is 9.53 Å². The smallest absolute Gasteiger partial charge is 0.410 e. The molecule has 29 heavy (non-hydrogen) atoms. The average Bonchev–Trinajstić information content (AvgIpc) is 2.70. The SMILES string of the molecule is CNc1nc(SC)ncc1CNC1CN(C(=O)OC(C)(C)C)Cc2ccccc21. The predicted molar refractivity (Wildman–Crippen MR) is 116 cm³/mol. The Morgan fingerprint density at radius 3 is 2.79 bits per heavy atom. The van der Waals surface area contributed by atoms with Gasteiger partial charge >= 0.3 is 6.09 Å². The highest BCUT2D eigenvalue weighted by Crippen LogP contribution is 2.28. The first kappa shape index (κ1) is 21.4. The molecule has 0 saturated heterocycles. The van der Waals surface area contributed by atoms with Gasteiger partial charge in [0.15, 0.2) is 5.16 Å². The number of hydrogen-bond acceptors (Lipinski definition) is 7. The molecule has 1 aromatic carbocycles. The summed E-state index contributed by atoms with van der Waals surface area (Å²) < 4.78 is 5.59. The van der Waals surface area contributed by atoms with E-state index in [4.69, 9.17) is 4.74 Å². The normalized spacial score (nSPS) is 16.3. The predicted octanol–water partition coefficient (Wildman–Crippen LogP) is 3.82. The molecular formula is C21H29N5O2S. The van der Waals surface area contributed by atoms with Gasteiger partial charge in [0.2, 0.25) is 0 Å².